The molecule has 100 valence electrons. The van der Waals surface area contributed by atoms with Crippen molar-refractivity contribution < 1.29 is 13.2 Å². The van der Waals surface area contributed by atoms with Crippen LogP contribution in [0.4, 0.5) is 5.69 Å². The predicted octanol–water partition coefficient (Wildman–Crippen LogP) is 2.45. The van der Waals surface area contributed by atoms with Crippen molar-refractivity contribution in [1.82, 2.24) is 4.98 Å². The van der Waals surface area contributed by atoms with E-state index >= 15 is 0 Å². The van der Waals surface area contributed by atoms with Crippen molar-refractivity contribution in [3.63, 3.8) is 0 Å². The zero-order chi connectivity index (χ0) is 14.0. The summed E-state index contributed by atoms with van der Waals surface area (Å²) in [6.45, 7) is 3.20. The fraction of sp³-hybridized carbons (Fsp3) is 0.167. The molecule has 1 N–H and O–H groups in total. The molecule has 0 bridgehead atoms. The summed E-state index contributed by atoms with van der Waals surface area (Å²) < 4.78 is 26.7. The van der Waals surface area contributed by atoms with Crippen molar-refractivity contribution in [1.29, 1.82) is 0 Å². The molecule has 0 unspecified atom stereocenters. The Morgan fingerprint density at radius 2 is 1.89 bits per heavy atom. The van der Waals surface area contributed by atoms with Crippen LogP contribution in [0.15, 0.2) is 34.7 Å². The third kappa shape index (κ3) is 3.18. The van der Waals surface area contributed by atoms with E-state index in [1.165, 1.54) is 13.1 Å². The van der Waals surface area contributed by atoms with Gasteiger partial charge in [0.05, 0.1) is 11.2 Å². The number of sulfonamides is 1. The largest absolute Gasteiger partial charge is 0.295 e. The second-order valence-corrected chi connectivity index (χ2v) is 7.08. The molecule has 0 fully saturated rings. The van der Waals surface area contributed by atoms with Gasteiger partial charge in [0.2, 0.25) is 0 Å². The number of aryl methyl sites for hydroxylation is 1. The Bertz CT molecular complexity index is 703. The first-order valence-electron chi connectivity index (χ1n) is 5.45. The van der Waals surface area contributed by atoms with E-state index in [4.69, 9.17) is 0 Å². The van der Waals surface area contributed by atoms with Gasteiger partial charge in [-0.25, -0.2) is 13.4 Å². The van der Waals surface area contributed by atoms with Gasteiger partial charge in [-0.15, -0.1) is 11.3 Å². The average Bonchev–Trinajstić information content (AvgIpc) is 2.77. The van der Waals surface area contributed by atoms with E-state index in [-0.39, 0.29) is 9.99 Å². The highest BCUT2D eigenvalue weighted by Gasteiger charge is 2.17. The Hall–Kier alpha value is -1.73. The topological polar surface area (TPSA) is 76.1 Å². The molecule has 0 spiro atoms. The summed E-state index contributed by atoms with van der Waals surface area (Å²) >= 11 is 1.11. The Morgan fingerprint density at radius 1 is 1.26 bits per heavy atom. The zero-order valence-corrected chi connectivity index (χ0v) is 12.0. The molecule has 0 aliphatic heterocycles. The van der Waals surface area contributed by atoms with Crippen LogP contribution in [-0.2, 0) is 10.0 Å². The van der Waals surface area contributed by atoms with Crippen molar-refractivity contribution >= 4 is 32.8 Å². The summed E-state index contributed by atoms with van der Waals surface area (Å²) in [6.07, 6.45) is 1.33. The number of hydrogen-bond acceptors (Lipinski definition) is 5. The monoisotopic (exact) mass is 296 g/mol. The number of carbonyl (C=O) groups is 1. The van der Waals surface area contributed by atoms with Crippen molar-refractivity contribution in [3.05, 3.63) is 41.0 Å². The molecule has 7 heteroatoms. The Morgan fingerprint density at radius 3 is 2.37 bits per heavy atom. The van der Waals surface area contributed by atoms with Gasteiger partial charge in [0.15, 0.2) is 9.99 Å². The first kappa shape index (κ1) is 13.7. The van der Waals surface area contributed by atoms with Crippen LogP contribution < -0.4 is 4.72 Å². The highest BCUT2D eigenvalue weighted by Crippen LogP contribution is 2.21. The quantitative estimate of drug-likeness (QED) is 0.879. The van der Waals surface area contributed by atoms with E-state index in [2.05, 4.69) is 9.71 Å². The van der Waals surface area contributed by atoms with E-state index in [0.29, 0.717) is 16.3 Å². The Balaban J connectivity index is 2.23. The van der Waals surface area contributed by atoms with Gasteiger partial charge in [0.1, 0.15) is 0 Å². The van der Waals surface area contributed by atoms with Gasteiger partial charge in [0.25, 0.3) is 10.0 Å². The molecule has 1 aromatic heterocycles. The molecule has 0 saturated carbocycles. The number of ketones is 1. The summed E-state index contributed by atoms with van der Waals surface area (Å²) in [5, 5.41) is 0.687. The first-order chi connectivity index (χ1) is 8.88. The van der Waals surface area contributed by atoms with Gasteiger partial charge in [-0.1, -0.05) is 0 Å². The van der Waals surface area contributed by atoms with Gasteiger partial charge < -0.3 is 0 Å². The SMILES string of the molecule is CC(=O)c1ccc(NS(=O)(=O)c2cnc(C)s2)cc1. The number of rotatable bonds is 4. The Labute approximate surface area is 115 Å². The number of hydrogen-bond donors (Lipinski definition) is 1. The fourth-order valence-corrected chi connectivity index (χ4v) is 3.61. The fourth-order valence-electron chi connectivity index (χ4n) is 1.44. The minimum atomic E-state index is -3.60. The third-order valence-electron chi connectivity index (χ3n) is 2.41. The predicted molar refractivity (Wildman–Crippen MR) is 74.1 cm³/mol. The Kier molecular flexibility index (Phi) is 3.68. The minimum absolute atomic E-state index is 0.0625. The second kappa shape index (κ2) is 5.10. The molecule has 1 aromatic carbocycles. The van der Waals surface area contributed by atoms with Crippen LogP contribution in [0, 0.1) is 6.92 Å². The van der Waals surface area contributed by atoms with Crippen molar-refractivity contribution in [2.45, 2.75) is 18.1 Å². The van der Waals surface area contributed by atoms with Crippen LogP contribution in [0.2, 0.25) is 0 Å². The molecule has 0 atom stereocenters. The molecule has 19 heavy (non-hydrogen) atoms. The first-order valence-corrected chi connectivity index (χ1v) is 7.75. The highest BCUT2D eigenvalue weighted by molar-refractivity contribution is 7.94. The maximum Gasteiger partial charge on any atom is 0.273 e. The highest BCUT2D eigenvalue weighted by atomic mass is 32.2. The smallest absolute Gasteiger partial charge is 0.273 e. The lowest BCUT2D eigenvalue weighted by Gasteiger charge is -2.06. The van der Waals surface area contributed by atoms with E-state index in [9.17, 15) is 13.2 Å². The molecule has 2 aromatic rings. The number of thiazole rings is 1. The molecule has 0 aliphatic rings. The summed E-state index contributed by atoms with van der Waals surface area (Å²) in [5.74, 6) is -0.0625. The van der Waals surface area contributed by atoms with Crippen LogP contribution in [0.1, 0.15) is 22.3 Å². The van der Waals surface area contributed by atoms with Crippen LogP contribution in [-0.4, -0.2) is 19.2 Å². The third-order valence-corrected chi connectivity index (χ3v) is 5.16. The van der Waals surface area contributed by atoms with Crippen LogP contribution in [0.25, 0.3) is 0 Å². The number of benzene rings is 1. The molecule has 5 nitrogen and oxygen atoms in total. The number of nitrogens with zero attached hydrogens (tertiary/aromatic N) is 1. The molecular formula is C12H12N2O3S2. The van der Waals surface area contributed by atoms with Crippen LogP contribution >= 0.6 is 11.3 Å². The number of carbonyl (C=O) groups excluding carboxylic acids is 1. The lowest BCUT2D eigenvalue weighted by atomic mass is 10.1. The standard InChI is InChI=1S/C12H12N2O3S2/c1-8(15)10-3-5-11(6-4-10)14-19(16,17)12-7-13-9(2)18-12/h3-7,14H,1-2H3. The summed E-state index contributed by atoms with van der Waals surface area (Å²) in [6, 6.07) is 6.28. The molecule has 0 saturated heterocycles. The number of nitrogens with one attached hydrogen (secondary N) is 1. The summed E-state index contributed by atoms with van der Waals surface area (Å²) in [4.78, 5) is 15.0. The maximum atomic E-state index is 12.0. The second-order valence-electron chi connectivity index (χ2n) is 3.94. The van der Waals surface area contributed by atoms with Crippen molar-refractivity contribution in [3.8, 4) is 0 Å². The molecule has 0 aliphatic carbocycles. The van der Waals surface area contributed by atoms with Gasteiger partial charge >= 0.3 is 0 Å². The van der Waals surface area contributed by atoms with Crippen LogP contribution in [0.5, 0.6) is 0 Å². The van der Waals surface area contributed by atoms with Crippen molar-refractivity contribution in [2.75, 3.05) is 4.72 Å². The molecule has 2 rings (SSSR count). The van der Waals surface area contributed by atoms with E-state index in [1.54, 1.807) is 31.2 Å². The van der Waals surface area contributed by atoms with E-state index < -0.39 is 10.0 Å². The number of aromatic nitrogens is 1. The normalized spacial score (nSPS) is 11.3. The number of Topliss-reactive ketones (excluding diaryl/α,β-unsaturated/α-hetero) is 1. The van der Waals surface area contributed by atoms with Crippen LogP contribution in [0.3, 0.4) is 0 Å². The van der Waals surface area contributed by atoms with Gasteiger partial charge in [-0.05, 0) is 38.1 Å². The summed E-state index contributed by atoms with van der Waals surface area (Å²) in [5.41, 5.74) is 0.952. The lowest BCUT2D eigenvalue weighted by Crippen LogP contribution is -2.11. The molecule has 0 radical (unpaired) electrons. The average molecular weight is 296 g/mol. The molecule has 1 heterocycles. The van der Waals surface area contributed by atoms with Gasteiger partial charge in [-0.2, -0.15) is 0 Å². The number of anilines is 1. The van der Waals surface area contributed by atoms with Gasteiger partial charge in [0, 0.05) is 11.3 Å². The lowest BCUT2D eigenvalue weighted by molar-refractivity contribution is 0.101. The summed E-state index contributed by atoms with van der Waals surface area (Å²) in [7, 11) is -3.60. The zero-order valence-electron chi connectivity index (χ0n) is 10.4. The maximum absolute atomic E-state index is 12.0. The molecular weight excluding hydrogens is 284 g/mol. The molecule has 0 amide bonds. The minimum Gasteiger partial charge on any atom is -0.295 e. The van der Waals surface area contributed by atoms with Crippen molar-refractivity contribution in [2.24, 2.45) is 0 Å². The van der Waals surface area contributed by atoms with E-state index in [0.717, 1.165) is 11.3 Å². The van der Waals surface area contributed by atoms with E-state index in [1.807, 2.05) is 0 Å². The van der Waals surface area contributed by atoms with Gasteiger partial charge in [-0.3, -0.25) is 9.52 Å².